The van der Waals surface area contributed by atoms with Crippen molar-refractivity contribution in [3.05, 3.63) is 34.3 Å². The number of amides is 1. The van der Waals surface area contributed by atoms with E-state index in [1.165, 1.54) is 6.42 Å². The second-order valence-corrected chi connectivity index (χ2v) is 5.76. The highest BCUT2D eigenvalue weighted by Crippen LogP contribution is 2.26. The van der Waals surface area contributed by atoms with Crippen molar-refractivity contribution in [1.29, 1.82) is 0 Å². The fourth-order valence-corrected chi connectivity index (χ4v) is 3.07. The lowest BCUT2D eigenvalue weighted by Crippen LogP contribution is -2.43. The van der Waals surface area contributed by atoms with E-state index in [4.69, 9.17) is 11.6 Å². The van der Waals surface area contributed by atoms with Gasteiger partial charge in [0.05, 0.1) is 0 Å². The molecule has 104 valence electrons. The van der Waals surface area contributed by atoms with Crippen LogP contribution in [0.25, 0.3) is 0 Å². The smallest absolute Gasteiger partial charge is 0.254 e. The molecule has 1 fully saturated rings. The van der Waals surface area contributed by atoms with E-state index >= 15 is 0 Å². The van der Waals surface area contributed by atoms with Crippen LogP contribution in [0.1, 0.15) is 54.9 Å². The lowest BCUT2D eigenvalue weighted by molar-refractivity contribution is 0.0600. The van der Waals surface area contributed by atoms with E-state index in [0.29, 0.717) is 11.1 Å². The number of halogens is 1. The zero-order valence-electron chi connectivity index (χ0n) is 11.8. The Hall–Kier alpha value is -1.02. The summed E-state index contributed by atoms with van der Waals surface area (Å²) in [6.45, 7) is 4.99. The predicted octanol–water partition coefficient (Wildman–Crippen LogP) is 4.44. The van der Waals surface area contributed by atoms with Crippen molar-refractivity contribution in [3.8, 4) is 0 Å². The molecule has 1 amide bonds. The Morgan fingerprint density at radius 3 is 2.95 bits per heavy atom. The molecule has 3 heteroatoms. The van der Waals surface area contributed by atoms with Crippen molar-refractivity contribution in [1.82, 2.24) is 4.90 Å². The average Bonchev–Trinajstić information content (AvgIpc) is 2.42. The molecule has 0 saturated carbocycles. The number of benzene rings is 1. The summed E-state index contributed by atoms with van der Waals surface area (Å²) in [6.07, 6.45) is 5.72. The third-order valence-corrected chi connectivity index (χ3v) is 4.42. The van der Waals surface area contributed by atoms with Crippen LogP contribution in [0.2, 0.25) is 5.02 Å². The molecule has 0 bridgehead atoms. The summed E-state index contributed by atoms with van der Waals surface area (Å²) >= 11 is 6.12. The van der Waals surface area contributed by atoms with Crippen LogP contribution in [0.4, 0.5) is 0 Å². The molecular formula is C16H22ClNO. The Morgan fingerprint density at radius 2 is 2.21 bits per heavy atom. The largest absolute Gasteiger partial charge is 0.336 e. The molecule has 1 aromatic carbocycles. The predicted molar refractivity (Wildman–Crippen MR) is 79.8 cm³/mol. The van der Waals surface area contributed by atoms with Gasteiger partial charge >= 0.3 is 0 Å². The first-order chi connectivity index (χ1) is 9.15. The average molecular weight is 280 g/mol. The van der Waals surface area contributed by atoms with Gasteiger partial charge < -0.3 is 4.90 Å². The summed E-state index contributed by atoms with van der Waals surface area (Å²) in [5, 5.41) is 0.676. The summed E-state index contributed by atoms with van der Waals surface area (Å²) in [4.78, 5) is 14.8. The molecule has 2 nitrogen and oxygen atoms in total. The topological polar surface area (TPSA) is 20.3 Å². The van der Waals surface area contributed by atoms with Crippen LogP contribution in [-0.2, 0) is 0 Å². The van der Waals surface area contributed by atoms with E-state index in [0.717, 1.165) is 43.4 Å². The fourth-order valence-electron chi connectivity index (χ4n) is 2.90. The van der Waals surface area contributed by atoms with Crippen molar-refractivity contribution in [2.75, 3.05) is 6.54 Å². The highest BCUT2D eigenvalue weighted by Gasteiger charge is 2.27. The number of rotatable bonds is 3. The van der Waals surface area contributed by atoms with Gasteiger partial charge in [-0.3, -0.25) is 4.79 Å². The van der Waals surface area contributed by atoms with Crippen molar-refractivity contribution < 1.29 is 4.79 Å². The monoisotopic (exact) mass is 279 g/mol. The molecule has 1 atom stereocenters. The SMILES string of the molecule is CCC[C@@H]1CCCCN1C(=O)c1cccc(Cl)c1C. The molecule has 1 saturated heterocycles. The number of piperidine rings is 1. The first-order valence-electron chi connectivity index (χ1n) is 7.21. The van der Waals surface area contributed by atoms with Gasteiger partial charge in [0.1, 0.15) is 0 Å². The highest BCUT2D eigenvalue weighted by atomic mass is 35.5. The Balaban J connectivity index is 2.23. The van der Waals surface area contributed by atoms with E-state index in [1.807, 2.05) is 25.1 Å². The summed E-state index contributed by atoms with van der Waals surface area (Å²) < 4.78 is 0. The van der Waals surface area contributed by atoms with Gasteiger partial charge in [-0.15, -0.1) is 0 Å². The van der Waals surface area contributed by atoms with Crippen LogP contribution in [-0.4, -0.2) is 23.4 Å². The molecule has 0 spiro atoms. The Labute approximate surface area is 120 Å². The lowest BCUT2D eigenvalue weighted by atomic mass is 9.96. The molecule has 0 N–H and O–H groups in total. The molecule has 1 aliphatic rings. The van der Waals surface area contributed by atoms with Crippen LogP contribution >= 0.6 is 11.6 Å². The van der Waals surface area contributed by atoms with Gasteiger partial charge in [-0.2, -0.15) is 0 Å². The number of carbonyl (C=O) groups is 1. The summed E-state index contributed by atoms with van der Waals surface area (Å²) in [5.41, 5.74) is 1.66. The van der Waals surface area contributed by atoms with Gasteiger partial charge in [0.15, 0.2) is 0 Å². The van der Waals surface area contributed by atoms with Gasteiger partial charge in [-0.1, -0.05) is 31.0 Å². The van der Waals surface area contributed by atoms with Gasteiger partial charge in [-0.05, 0) is 50.3 Å². The Kier molecular flexibility index (Phi) is 4.87. The minimum absolute atomic E-state index is 0.151. The number of hydrogen-bond acceptors (Lipinski definition) is 1. The molecule has 1 aromatic rings. The second-order valence-electron chi connectivity index (χ2n) is 5.35. The number of nitrogens with zero attached hydrogens (tertiary/aromatic N) is 1. The van der Waals surface area contributed by atoms with E-state index in [-0.39, 0.29) is 5.91 Å². The zero-order chi connectivity index (χ0) is 13.8. The maximum atomic E-state index is 12.7. The molecule has 0 unspecified atom stereocenters. The van der Waals surface area contributed by atoms with Gasteiger partial charge in [0.25, 0.3) is 5.91 Å². The molecule has 2 rings (SSSR count). The van der Waals surface area contributed by atoms with Crippen LogP contribution in [0.15, 0.2) is 18.2 Å². The molecule has 1 aliphatic heterocycles. The third-order valence-electron chi connectivity index (χ3n) is 4.01. The number of hydrogen-bond donors (Lipinski definition) is 0. The molecule has 0 aromatic heterocycles. The summed E-state index contributed by atoms with van der Waals surface area (Å²) in [5.74, 6) is 0.151. The van der Waals surface area contributed by atoms with Crippen molar-refractivity contribution in [3.63, 3.8) is 0 Å². The minimum atomic E-state index is 0.151. The fraction of sp³-hybridized carbons (Fsp3) is 0.562. The van der Waals surface area contributed by atoms with E-state index in [1.54, 1.807) is 0 Å². The van der Waals surface area contributed by atoms with E-state index < -0.39 is 0 Å². The Morgan fingerprint density at radius 1 is 1.42 bits per heavy atom. The van der Waals surface area contributed by atoms with Crippen molar-refractivity contribution in [2.45, 2.75) is 52.0 Å². The zero-order valence-corrected chi connectivity index (χ0v) is 12.5. The first kappa shape index (κ1) is 14.4. The summed E-state index contributed by atoms with van der Waals surface area (Å²) in [6, 6.07) is 6.00. The maximum Gasteiger partial charge on any atom is 0.254 e. The quantitative estimate of drug-likeness (QED) is 0.801. The van der Waals surface area contributed by atoms with Gasteiger partial charge in [0, 0.05) is 23.2 Å². The van der Waals surface area contributed by atoms with Gasteiger partial charge in [-0.25, -0.2) is 0 Å². The van der Waals surface area contributed by atoms with Crippen LogP contribution in [0.5, 0.6) is 0 Å². The minimum Gasteiger partial charge on any atom is -0.336 e. The van der Waals surface area contributed by atoms with Gasteiger partial charge in [0.2, 0.25) is 0 Å². The lowest BCUT2D eigenvalue weighted by Gasteiger charge is -2.36. The van der Waals surface area contributed by atoms with Crippen molar-refractivity contribution in [2.24, 2.45) is 0 Å². The number of carbonyl (C=O) groups excluding carboxylic acids is 1. The molecule has 0 radical (unpaired) electrons. The van der Waals surface area contributed by atoms with Crippen molar-refractivity contribution >= 4 is 17.5 Å². The Bertz CT molecular complexity index is 456. The first-order valence-corrected chi connectivity index (χ1v) is 7.59. The summed E-state index contributed by atoms with van der Waals surface area (Å²) in [7, 11) is 0. The second kappa shape index (κ2) is 6.42. The van der Waals surface area contributed by atoms with E-state index in [9.17, 15) is 4.79 Å². The normalized spacial score (nSPS) is 19.5. The standard InChI is InChI=1S/C16H22ClNO/c1-3-7-13-8-4-5-11-18(13)16(19)14-9-6-10-15(17)12(14)2/h6,9-10,13H,3-5,7-8,11H2,1-2H3/t13-/m1/s1. The third kappa shape index (κ3) is 3.11. The molecule has 19 heavy (non-hydrogen) atoms. The molecular weight excluding hydrogens is 258 g/mol. The van der Waals surface area contributed by atoms with Crippen LogP contribution in [0, 0.1) is 6.92 Å². The molecule has 1 heterocycles. The maximum absolute atomic E-state index is 12.7. The molecule has 0 aliphatic carbocycles. The number of likely N-dealkylation sites (tertiary alicyclic amines) is 1. The van der Waals surface area contributed by atoms with E-state index in [2.05, 4.69) is 11.8 Å². The van der Waals surface area contributed by atoms with Crippen LogP contribution in [0.3, 0.4) is 0 Å². The highest BCUT2D eigenvalue weighted by molar-refractivity contribution is 6.31. The van der Waals surface area contributed by atoms with Crippen LogP contribution < -0.4 is 0 Å².